The number of benzene rings is 1. The van der Waals surface area contributed by atoms with E-state index in [0.29, 0.717) is 29.7 Å². The number of rotatable bonds is 6. The van der Waals surface area contributed by atoms with E-state index >= 15 is 0 Å². The number of nitrogens with zero attached hydrogens (tertiary/aromatic N) is 1. The minimum Gasteiger partial charge on any atom is -0.349 e. The molecule has 1 saturated heterocycles. The average molecular weight is 388 g/mol. The number of amides is 2. The van der Waals surface area contributed by atoms with Crippen LogP contribution in [0.3, 0.4) is 0 Å². The van der Waals surface area contributed by atoms with Gasteiger partial charge in [0, 0.05) is 25.0 Å². The van der Waals surface area contributed by atoms with Crippen LogP contribution >= 0.6 is 24.0 Å². The number of hydrogen-bond donors (Lipinski definition) is 2. The first-order chi connectivity index (χ1) is 11.3. The van der Waals surface area contributed by atoms with Gasteiger partial charge in [-0.25, -0.2) is 0 Å². The fourth-order valence-corrected chi connectivity index (χ4v) is 3.51. The van der Waals surface area contributed by atoms with Gasteiger partial charge in [0.25, 0.3) is 0 Å². The van der Waals surface area contributed by atoms with Crippen LogP contribution in [0.4, 0.5) is 5.69 Å². The summed E-state index contributed by atoms with van der Waals surface area (Å²) in [6.07, 6.45) is 0.990. The molecule has 2 amide bonds. The lowest BCUT2D eigenvalue weighted by molar-refractivity contribution is -0.128. The third-order valence-electron chi connectivity index (χ3n) is 4.37. The molecule has 1 aromatic rings. The largest absolute Gasteiger partial charge is 0.349 e. The van der Waals surface area contributed by atoms with E-state index in [-0.39, 0.29) is 36.6 Å². The van der Waals surface area contributed by atoms with Crippen molar-refractivity contribution in [1.29, 1.82) is 0 Å². The summed E-state index contributed by atoms with van der Waals surface area (Å²) in [5, 5.41) is 3.56. The quantitative estimate of drug-likeness (QED) is 0.787. The van der Waals surface area contributed by atoms with Gasteiger partial charge in [-0.2, -0.15) is 0 Å². The van der Waals surface area contributed by atoms with Crippen molar-refractivity contribution >= 4 is 41.5 Å². The summed E-state index contributed by atoms with van der Waals surface area (Å²) in [7, 11) is 0. The van der Waals surface area contributed by atoms with Gasteiger partial charge in [0.05, 0.1) is 16.6 Å². The second-order valence-electron chi connectivity index (χ2n) is 7.21. The van der Waals surface area contributed by atoms with Crippen LogP contribution in [-0.4, -0.2) is 30.4 Å². The standard InChI is InChI=1S/C18H26ClN3O2.ClH/c1-12(2)9-18(3,11-20)21-17(24)13-8-16(23)22(10-13)15-7-5-4-6-14(15)19;/h4-7,12-13H,8-11,20H2,1-3H3,(H,21,24);1H. The van der Waals surface area contributed by atoms with Gasteiger partial charge in [0.2, 0.25) is 11.8 Å². The molecule has 2 atom stereocenters. The Labute approximate surface area is 160 Å². The number of halogens is 2. The molecule has 0 aliphatic carbocycles. The number of carbonyl (C=O) groups excluding carboxylic acids is 2. The molecule has 0 bridgehead atoms. The van der Waals surface area contributed by atoms with Crippen molar-refractivity contribution in [1.82, 2.24) is 5.32 Å². The number of anilines is 1. The van der Waals surface area contributed by atoms with Crippen molar-refractivity contribution in [2.45, 2.75) is 39.2 Å². The molecule has 3 N–H and O–H groups in total. The minimum absolute atomic E-state index is 0. The van der Waals surface area contributed by atoms with Crippen LogP contribution in [-0.2, 0) is 9.59 Å². The Morgan fingerprint density at radius 1 is 1.44 bits per heavy atom. The molecule has 5 nitrogen and oxygen atoms in total. The predicted molar refractivity (Wildman–Crippen MR) is 104 cm³/mol. The molecule has 2 unspecified atom stereocenters. The van der Waals surface area contributed by atoms with Crippen LogP contribution < -0.4 is 16.0 Å². The summed E-state index contributed by atoms with van der Waals surface area (Å²) in [5.41, 5.74) is 6.06. The molecule has 0 aromatic heterocycles. The highest BCUT2D eigenvalue weighted by Crippen LogP contribution is 2.31. The molecule has 1 aliphatic rings. The van der Waals surface area contributed by atoms with Gasteiger partial charge >= 0.3 is 0 Å². The van der Waals surface area contributed by atoms with Crippen LogP contribution in [0.25, 0.3) is 0 Å². The van der Waals surface area contributed by atoms with Crippen LogP contribution in [0.15, 0.2) is 24.3 Å². The first kappa shape index (κ1) is 21.7. The van der Waals surface area contributed by atoms with Gasteiger partial charge < -0.3 is 16.0 Å². The summed E-state index contributed by atoms with van der Waals surface area (Å²) >= 11 is 6.17. The Morgan fingerprint density at radius 2 is 2.08 bits per heavy atom. The molecular formula is C18H27Cl2N3O2. The van der Waals surface area contributed by atoms with Crippen molar-refractivity contribution in [3.63, 3.8) is 0 Å². The van der Waals surface area contributed by atoms with Crippen molar-refractivity contribution in [3.8, 4) is 0 Å². The molecule has 25 heavy (non-hydrogen) atoms. The van der Waals surface area contributed by atoms with Crippen molar-refractivity contribution in [3.05, 3.63) is 29.3 Å². The smallest absolute Gasteiger partial charge is 0.227 e. The molecule has 1 fully saturated rings. The summed E-state index contributed by atoms with van der Waals surface area (Å²) in [5.74, 6) is -0.163. The van der Waals surface area contributed by atoms with E-state index < -0.39 is 5.54 Å². The van der Waals surface area contributed by atoms with E-state index in [1.54, 1.807) is 17.0 Å². The summed E-state index contributed by atoms with van der Waals surface area (Å²) in [4.78, 5) is 26.5. The fourth-order valence-electron chi connectivity index (χ4n) is 3.27. The second kappa shape index (κ2) is 8.88. The Bertz CT molecular complexity index is 624. The Balaban J connectivity index is 0.00000312. The number of nitrogens with two attached hydrogens (primary N) is 1. The molecule has 0 saturated carbocycles. The van der Waals surface area contributed by atoms with Crippen LogP contribution in [0.1, 0.15) is 33.6 Å². The molecule has 140 valence electrons. The first-order valence-electron chi connectivity index (χ1n) is 8.33. The van der Waals surface area contributed by atoms with Gasteiger partial charge in [-0.15, -0.1) is 12.4 Å². The monoisotopic (exact) mass is 387 g/mol. The van der Waals surface area contributed by atoms with Crippen molar-refractivity contribution in [2.24, 2.45) is 17.6 Å². The SMILES string of the molecule is CC(C)CC(C)(CN)NC(=O)C1CC(=O)N(c2ccccc2Cl)C1.Cl. The van der Waals surface area contributed by atoms with E-state index in [0.717, 1.165) is 6.42 Å². The van der Waals surface area contributed by atoms with Gasteiger partial charge in [-0.3, -0.25) is 9.59 Å². The molecule has 0 spiro atoms. The van der Waals surface area contributed by atoms with E-state index in [4.69, 9.17) is 17.3 Å². The van der Waals surface area contributed by atoms with Gasteiger partial charge in [-0.1, -0.05) is 37.6 Å². The topological polar surface area (TPSA) is 75.4 Å². The lowest BCUT2D eigenvalue weighted by Gasteiger charge is -2.32. The maximum absolute atomic E-state index is 12.6. The number of hydrogen-bond acceptors (Lipinski definition) is 3. The van der Waals surface area contributed by atoms with Gasteiger partial charge in [-0.05, 0) is 31.4 Å². The van der Waals surface area contributed by atoms with E-state index in [9.17, 15) is 9.59 Å². The highest BCUT2D eigenvalue weighted by Gasteiger charge is 2.38. The zero-order chi connectivity index (χ0) is 17.9. The molecular weight excluding hydrogens is 361 g/mol. The lowest BCUT2D eigenvalue weighted by atomic mass is 9.90. The van der Waals surface area contributed by atoms with Crippen LogP contribution in [0, 0.1) is 11.8 Å². The zero-order valence-electron chi connectivity index (χ0n) is 14.9. The van der Waals surface area contributed by atoms with Crippen molar-refractivity contribution in [2.75, 3.05) is 18.0 Å². The van der Waals surface area contributed by atoms with Crippen LogP contribution in [0.2, 0.25) is 5.02 Å². The summed E-state index contributed by atoms with van der Waals surface area (Å²) in [6, 6.07) is 7.18. The third-order valence-corrected chi connectivity index (χ3v) is 4.69. The lowest BCUT2D eigenvalue weighted by Crippen LogP contribution is -2.54. The predicted octanol–water partition coefficient (Wildman–Crippen LogP) is 2.99. The number of para-hydroxylation sites is 1. The third kappa shape index (κ3) is 5.33. The Hall–Kier alpha value is -1.30. The van der Waals surface area contributed by atoms with Crippen LogP contribution in [0.5, 0.6) is 0 Å². The molecule has 0 radical (unpaired) electrons. The van der Waals surface area contributed by atoms with Gasteiger partial charge in [0.1, 0.15) is 0 Å². The first-order valence-corrected chi connectivity index (χ1v) is 8.70. The number of carbonyl (C=O) groups is 2. The molecule has 1 aliphatic heterocycles. The van der Waals surface area contributed by atoms with E-state index in [1.807, 2.05) is 19.1 Å². The second-order valence-corrected chi connectivity index (χ2v) is 7.62. The maximum atomic E-state index is 12.6. The minimum atomic E-state index is -0.452. The Kier molecular flexibility index (Phi) is 7.72. The fraction of sp³-hybridized carbons (Fsp3) is 0.556. The molecule has 2 rings (SSSR count). The average Bonchev–Trinajstić information content (AvgIpc) is 2.89. The van der Waals surface area contributed by atoms with Crippen molar-refractivity contribution < 1.29 is 9.59 Å². The highest BCUT2D eigenvalue weighted by atomic mass is 35.5. The van der Waals surface area contributed by atoms with E-state index in [1.165, 1.54) is 0 Å². The molecule has 1 aromatic carbocycles. The molecule has 1 heterocycles. The normalized spacial score (nSPS) is 19.5. The summed E-state index contributed by atoms with van der Waals surface area (Å²) < 4.78 is 0. The zero-order valence-corrected chi connectivity index (χ0v) is 16.5. The molecule has 7 heteroatoms. The summed E-state index contributed by atoms with van der Waals surface area (Å²) in [6.45, 7) is 6.85. The van der Waals surface area contributed by atoms with Gasteiger partial charge in [0.15, 0.2) is 0 Å². The van der Waals surface area contributed by atoms with E-state index in [2.05, 4.69) is 19.2 Å². The number of nitrogens with one attached hydrogen (secondary N) is 1. The maximum Gasteiger partial charge on any atom is 0.227 e. The highest BCUT2D eigenvalue weighted by molar-refractivity contribution is 6.33. The Morgan fingerprint density at radius 3 is 2.64 bits per heavy atom.